The first-order chi connectivity index (χ1) is 5.43. The van der Waals surface area contributed by atoms with Crippen molar-refractivity contribution in [2.24, 2.45) is 5.92 Å². The third-order valence-electron chi connectivity index (χ3n) is 2.31. The Morgan fingerprint density at radius 2 is 2.00 bits per heavy atom. The molecule has 1 fully saturated rings. The zero-order valence-electron chi connectivity index (χ0n) is 6.81. The van der Waals surface area contributed by atoms with Crippen molar-refractivity contribution < 1.29 is 0 Å². The summed E-state index contributed by atoms with van der Waals surface area (Å²) in [6, 6.07) is 0. The van der Waals surface area contributed by atoms with Gasteiger partial charge in [0.05, 0.1) is 5.88 Å². The van der Waals surface area contributed by atoms with Crippen molar-refractivity contribution in [3.8, 4) is 0 Å². The number of hydrogen-bond donors (Lipinski definition) is 1. The van der Waals surface area contributed by atoms with E-state index in [2.05, 4.69) is 26.5 Å². The first kappa shape index (κ1) is 10.1. The smallest absolute Gasteiger partial charge is 0.0519 e. The summed E-state index contributed by atoms with van der Waals surface area (Å²) in [7, 11) is 1.85. The largest absolute Gasteiger partial charge is 0.307 e. The third-order valence-corrected chi connectivity index (χ3v) is 3.56. The first-order valence-corrected chi connectivity index (χ1v) is 7.90. The van der Waals surface area contributed by atoms with Crippen molar-refractivity contribution >= 4 is 30.1 Å². The van der Waals surface area contributed by atoms with Gasteiger partial charge in [0, 0.05) is 0 Å². The molecule has 1 saturated carbocycles. The van der Waals surface area contributed by atoms with Gasteiger partial charge in [-0.05, 0) is 46.5 Å². The zero-order valence-corrected chi connectivity index (χ0v) is 9.79. The van der Waals surface area contributed by atoms with Crippen LogP contribution >= 0.6 is 30.1 Å². The second kappa shape index (κ2) is 6.54. The van der Waals surface area contributed by atoms with Crippen LogP contribution in [0, 0.1) is 5.92 Å². The van der Waals surface area contributed by atoms with E-state index in [0.717, 1.165) is 11.8 Å². The van der Waals surface area contributed by atoms with Crippen molar-refractivity contribution in [2.75, 3.05) is 12.4 Å². The van der Waals surface area contributed by atoms with Gasteiger partial charge in [0.25, 0.3) is 0 Å². The summed E-state index contributed by atoms with van der Waals surface area (Å²) < 4.78 is 0. The van der Waals surface area contributed by atoms with Gasteiger partial charge in [0.1, 0.15) is 0 Å². The minimum atomic E-state index is 0.979. The minimum Gasteiger partial charge on any atom is -0.307 e. The molecule has 0 aliphatic heterocycles. The maximum absolute atomic E-state index is 3.46. The maximum atomic E-state index is 3.46. The molecule has 0 atom stereocenters. The van der Waals surface area contributed by atoms with Crippen LogP contribution < -0.4 is 5.32 Å². The van der Waals surface area contributed by atoms with E-state index in [1.807, 2.05) is 8.93 Å². The topological polar surface area (TPSA) is 12.0 Å². The summed E-state index contributed by atoms with van der Waals surface area (Å²) in [5.74, 6) is 2.09. The Labute approximate surface area is 85.7 Å². The number of halogens is 1. The fraction of sp³-hybridized carbons (Fsp3) is 1.00. The fourth-order valence-corrected chi connectivity index (χ4v) is 2.55. The summed E-state index contributed by atoms with van der Waals surface area (Å²) in [4.78, 5) is 0. The lowest BCUT2D eigenvalue weighted by Gasteiger charge is -2.21. The molecule has 0 aromatic carbocycles. The lowest BCUT2D eigenvalue weighted by atomic mass is 9.89. The van der Waals surface area contributed by atoms with Crippen LogP contribution in [-0.2, 0) is 0 Å². The SMILES string of the molecule is ISCNCC1CCCCC1. The molecule has 1 aliphatic carbocycles. The van der Waals surface area contributed by atoms with Crippen molar-refractivity contribution in [2.45, 2.75) is 32.1 Å². The second-order valence-corrected chi connectivity index (χ2v) is 5.59. The van der Waals surface area contributed by atoms with Crippen LogP contribution in [0.2, 0.25) is 0 Å². The highest BCUT2D eigenvalue weighted by atomic mass is 127. The van der Waals surface area contributed by atoms with Crippen molar-refractivity contribution in [3.63, 3.8) is 0 Å². The molecule has 1 rings (SSSR count). The molecular formula is C8H16INS. The van der Waals surface area contributed by atoms with Gasteiger partial charge in [0.2, 0.25) is 0 Å². The molecular weight excluding hydrogens is 269 g/mol. The highest BCUT2D eigenvalue weighted by Gasteiger charge is 2.11. The standard InChI is InChI=1S/C8H16INS/c9-11-7-10-6-8-4-2-1-3-5-8/h8,10H,1-7H2. The molecule has 1 N–H and O–H groups in total. The Morgan fingerprint density at radius 3 is 2.64 bits per heavy atom. The molecule has 11 heavy (non-hydrogen) atoms. The number of nitrogens with one attached hydrogen (secondary N) is 1. The predicted molar refractivity (Wildman–Crippen MR) is 61.1 cm³/mol. The van der Waals surface area contributed by atoms with Gasteiger partial charge in [-0.25, -0.2) is 0 Å². The highest BCUT2D eigenvalue weighted by molar-refractivity contribution is 14.2. The summed E-state index contributed by atoms with van der Waals surface area (Å²) in [5, 5.41) is 3.46. The van der Waals surface area contributed by atoms with Crippen LogP contribution in [0.4, 0.5) is 0 Å². The molecule has 0 aromatic rings. The molecule has 1 nitrogen and oxygen atoms in total. The van der Waals surface area contributed by atoms with Crippen molar-refractivity contribution in [3.05, 3.63) is 0 Å². The Morgan fingerprint density at radius 1 is 1.27 bits per heavy atom. The molecule has 0 heterocycles. The summed E-state index contributed by atoms with van der Waals surface area (Å²) in [6.45, 7) is 1.25. The molecule has 0 unspecified atom stereocenters. The van der Waals surface area contributed by atoms with E-state index in [1.165, 1.54) is 38.6 Å². The average molecular weight is 285 g/mol. The molecule has 3 heteroatoms. The van der Waals surface area contributed by atoms with Crippen LogP contribution in [0.3, 0.4) is 0 Å². The maximum Gasteiger partial charge on any atom is 0.0519 e. The van der Waals surface area contributed by atoms with E-state index in [4.69, 9.17) is 0 Å². The van der Waals surface area contributed by atoms with Gasteiger partial charge < -0.3 is 5.32 Å². The van der Waals surface area contributed by atoms with Gasteiger partial charge in [-0.1, -0.05) is 28.2 Å². The fourth-order valence-electron chi connectivity index (χ4n) is 1.69. The van der Waals surface area contributed by atoms with Crippen molar-refractivity contribution in [1.29, 1.82) is 0 Å². The molecule has 0 spiro atoms. The molecule has 0 amide bonds. The predicted octanol–water partition coefficient (Wildman–Crippen LogP) is 3.20. The van der Waals surface area contributed by atoms with E-state index in [-0.39, 0.29) is 0 Å². The Hall–Kier alpha value is 1.04. The molecule has 1 aliphatic rings. The Balaban J connectivity index is 1.96. The number of hydrogen-bond acceptors (Lipinski definition) is 2. The zero-order chi connectivity index (χ0) is 7.94. The summed E-state index contributed by atoms with van der Waals surface area (Å²) in [5.41, 5.74) is 0. The Kier molecular flexibility index (Phi) is 6.02. The Bertz CT molecular complexity index is 94.1. The van der Waals surface area contributed by atoms with Crippen LogP contribution in [0.5, 0.6) is 0 Å². The molecule has 0 aromatic heterocycles. The van der Waals surface area contributed by atoms with E-state index in [1.54, 1.807) is 0 Å². The van der Waals surface area contributed by atoms with Gasteiger partial charge in [0.15, 0.2) is 0 Å². The lowest BCUT2D eigenvalue weighted by Crippen LogP contribution is -2.23. The minimum absolute atomic E-state index is 0.979. The molecule has 0 bridgehead atoms. The van der Waals surface area contributed by atoms with E-state index < -0.39 is 0 Å². The summed E-state index contributed by atoms with van der Waals surface area (Å²) >= 11 is 2.34. The molecule has 0 radical (unpaired) electrons. The van der Waals surface area contributed by atoms with Crippen LogP contribution in [0.1, 0.15) is 32.1 Å². The van der Waals surface area contributed by atoms with E-state index in [0.29, 0.717) is 0 Å². The third kappa shape index (κ3) is 4.58. The van der Waals surface area contributed by atoms with Gasteiger partial charge in [-0.15, -0.1) is 0 Å². The van der Waals surface area contributed by atoms with Gasteiger partial charge in [-0.3, -0.25) is 0 Å². The first-order valence-electron chi connectivity index (χ1n) is 4.37. The van der Waals surface area contributed by atoms with Crippen molar-refractivity contribution in [1.82, 2.24) is 5.32 Å². The van der Waals surface area contributed by atoms with E-state index >= 15 is 0 Å². The normalized spacial score (nSPS) is 20.5. The summed E-state index contributed by atoms with van der Waals surface area (Å²) in [6.07, 6.45) is 7.31. The second-order valence-electron chi connectivity index (χ2n) is 3.21. The molecule has 66 valence electrons. The molecule has 0 saturated heterocycles. The highest BCUT2D eigenvalue weighted by Crippen LogP contribution is 2.22. The quantitative estimate of drug-likeness (QED) is 0.483. The average Bonchev–Trinajstić information content (AvgIpc) is 2.07. The number of rotatable bonds is 4. The van der Waals surface area contributed by atoms with Gasteiger partial charge >= 0.3 is 0 Å². The van der Waals surface area contributed by atoms with Crippen LogP contribution in [0.25, 0.3) is 0 Å². The van der Waals surface area contributed by atoms with E-state index in [9.17, 15) is 0 Å². The van der Waals surface area contributed by atoms with Gasteiger partial charge in [-0.2, -0.15) is 0 Å². The lowest BCUT2D eigenvalue weighted by molar-refractivity contribution is 0.349. The van der Waals surface area contributed by atoms with Crippen LogP contribution in [-0.4, -0.2) is 12.4 Å². The monoisotopic (exact) mass is 285 g/mol. The van der Waals surface area contributed by atoms with Crippen LogP contribution in [0.15, 0.2) is 0 Å².